The zero-order valence-electron chi connectivity index (χ0n) is 10.3. The number of benzene rings is 1. The largest absolute Gasteiger partial charge is 0.278 e. The minimum atomic E-state index is -0.347. The first-order chi connectivity index (χ1) is 9.16. The van der Waals surface area contributed by atoms with E-state index in [-0.39, 0.29) is 10.6 Å². The number of pyridine rings is 1. The Morgan fingerprint density at radius 3 is 2.89 bits per heavy atom. The summed E-state index contributed by atoms with van der Waals surface area (Å²) in [6.45, 7) is 0. The van der Waals surface area contributed by atoms with Gasteiger partial charge in [0.25, 0.3) is 5.69 Å². The van der Waals surface area contributed by atoms with Crippen LogP contribution in [0.2, 0.25) is 0 Å². The number of aromatic nitrogens is 1. The highest BCUT2D eigenvalue weighted by atomic mass is 79.9. The van der Waals surface area contributed by atoms with Gasteiger partial charge in [-0.2, -0.15) is 0 Å². The standard InChI is InChI=1S/C14H13BrN2O2/c15-12(9-3-4-9)8-10-5-6-13(17(18)19)11-2-1-7-16-14(10)11/h1-2,5-7,9,12H,3-4,8H2. The number of nitrogens with zero attached hydrogens (tertiary/aromatic N) is 2. The second kappa shape index (κ2) is 4.89. The van der Waals surface area contributed by atoms with E-state index >= 15 is 0 Å². The van der Waals surface area contributed by atoms with Gasteiger partial charge in [-0.1, -0.05) is 15.9 Å². The van der Waals surface area contributed by atoms with Crippen molar-refractivity contribution in [3.63, 3.8) is 0 Å². The number of rotatable bonds is 4. The molecule has 98 valence electrons. The molecular weight excluding hydrogens is 308 g/mol. The van der Waals surface area contributed by atoms with Crippen LogP contribution in [0.4, 0.5) is 5.69 Å². The summed E-state index contributed by atoms with van der Waals surface area (Å²) in [6.07, 6.45) is 5.11. The molecule has 4 nitrogen and oxygen atoms in total. The minimum absolute atomic E-state index is 0.129. The normalized spacial score (nSPS) is 16.5. The topological polar surface area (TPSA) is 56.0 Å². The molecule has 0 bridgehead atoms. The van der Waals surface area contributed by atoms with Crippen molar-refractivity contribution in [1.82, 2.24) is 4.98 Å². The van der Waals surface area contributed by atoms with Crippen LogP contribution in [0.3, 0.4) is 0 Å². The van der Waals surface area contributed by atoms with Gasteiger partial charge in [-0.05, 0) is 48.9 Å². The maximum atomic E-state index is 11.0. The smallest absolute Gasteiger partial charge is 0.258 e. The van der Waals surface area contributed by atoms with Crippen molar-refractivity contribution in [2.24, 2.45) is 5.92 Å². The van der Waals surface area contributed by atoms with Gasteiger partial charge in [0.1, 0.15) is 0 Å². The first kappa shape index (κ1) is 12.5. The second-order valence-electron chi connectivity index (χ2n) is 4.96. The van der Waals surface area contributed by atoms with Crippen LogP contribution in [0.25, 0.3) is 10.9 Å². The number of halogens is 1. The molecule has 1 saturated carbocycles. The van der Waals surface area contributed by atoms with Crippen LogP contribution in [0.1, 0.15) is 18.4 Å². The zero-order chi connectivity index (χ0) is 13.4. The van der Waals surface area contributed by atoms with Gasteiger partial charge >= 0.3 is 0 Å². The minimum Gasteiger partial charge on any atom is -0.258 e. The number of nitro groups is 1. The van der Waals surface area contributed by atoms with Gasteiger partial charge in [-0.3, -0.25) is 15.1 Å². The maximum absolute atomic E-state index is 11.0. The maximum Gasteiger partial charge on any atom is 0.278 e. The van der Waals surface area contributed by atoms with Crippen LogP contribution >= 0.6 is 15.9 Å². The third-order valence-electron chi connectivity index (χ3n) is 3.58. The number of hydrogen-bond acceptors (Lipinski definition) is 3. The molecule has 1 aromatic heterocycles. The highest BCUT2D eigenvalue weighted by Gasteiger charge is 2.30. The molecule has 0 aliphatic heterocycles. The highest BCUT2D eigenvalue weighted by Crippen LogP contribution is 2.39. The fraction of sp³-hybridized carbons (Fsp3) is 0.357. The van der Waals surface area contributed by atoms with E-state index in [9.17, 15) is 10.1 Å². The third-order valence-corrected chi connectivity index (χ3v) is 4.65. The molecule has 19 heavy (non-hydrogen) atoms. The van der Waals surface area contributed by atoms with E-state index < -0.39 is 0 Å². The summed E-state index contributed by atoms with van der Waals surface area (Å²) in [5.41, 5.74) is 1.96. The Morgan fingerprint density at radius 2 is 2.21 bits per heavy atom. The molecule has 1 heterocycles. The van der Waals surface area contributed by atoms with Gasteiger partial charge in [-0.15, -0.1) is 0 Å². The molecule has 0 spiro atoms. The van der Waals surface area contributed by atoms with E-state index in [1.165, 1.54) is 12.8 Å². The first-order valence-electron chi connectivity index (χ1n) is 6.32. The van der Waals surface area contributed by atoms with Gasteiger partial charge in [0.2, 0.25) is 0 Å². The van der Waals surface area contributed by atoms with Crippen LogP contribution in [-0.4, -0.2) is 14.7 Å². The molecule has 1 aliphatic rings. The Morgan fingerprint density at radius 1 is 1.42 bits per heavy atom. The quantitative estimate of drug-likeness (QED) is 0.488. The number of hydrogen-bond donors (Lipinski definition) is 0. The van der Waals surface area contributed by atoms with E-state index in [1.807, 2.05) is 6.07 Å². The monoisotopic (exact) mass is 320 g/mol. The number of alkyl halides is 1. The summed E-state index contributed by atoms with van der Waals surface area (Å²) in [5, 5.41) is 11.7. The molecule has 1 aliphatic carbocycles. The van der Waals surface area contributed by atoms with Crippen molar-refractivity contribution in [3.8, 4) is 0 Å². The number of fused-ring (bicyclic) bond motifs is 1. The summed E-state index contributed by atoms with van der Waals surface area (Å²) in [5.74, 6) is 0.744. The van der Waals surface area contributed by atoms with E-state index in [0.29, 0.717) is 10.2 Å². The molecule has 1 unspecified atom stereocenters. The predicted octanol–water partition coefficient (Wildman–Crippen LogP) is 3.86. The van der Waals surface area contributed by atoms with Gasteiger partial charge < -0.3 is 0 Å². The molecule has 0 saturated heterocycles. The third kappa shape index (κ3) is 2.47. The second-order valence-corrected chi connectivity index (χ2v) is 6.13. The van der Waals surface area contributed by atoms with Crippen molar-refractivity contribution in [1.29, 1.82) is 0 Å². The summed E-state index contributed by atoms with van der Waals surface area (Å²) < 4.78 is 0. The Bertz CT molecular complexity index is 640. The van der Waals surface area contributed by atoms with Crippen LogP contribution in [0.15, 0.2) is 30.5 Å². The highest BCUT2D eigenvalue weighted by molar-refractivity contribution is 9.09. The SMILES string of the molecule is O=[N+]([O-])c1ccc(CC(Br)C2CC2)c2ncccc12. The van der Waals surface area contributed by atoms with Gasteiger partial charge in [0, 0.05) is 17.1 Å². The average molecular weight is 321 g/mol. The first-order valence-corrected chi connectivity index (χ1v) is 7.23. The van der Waals surface area contributed by atoms with Gasteiger partial charge in [0.05, 0.1) is 15.8 Å². The lowest BCUT2D eigenvalue weighted by Gasteiger charge is -2.10. The Labute approximate surface area is 119 Å². The lowest BCUT2D eigenvalue weighted by Crippen LogP contribution is -2.06. The number of nitro benzene ring substituents is 1. The fourth-order valence-electron chi connectivity index (χ4n) is 2.37. The summed E-state index contributed by atoms with van der Waals surface area (Å²) in [4.78, 5) is 15.5. The fourth-order valence-corrected chi connectivity index (χ4v) is 3.25. The van der Waals surface area contributed by atoms with Crippen LogP contribution < -0.4 is 0 Å². The van der Waals surface area contributed by atoms with Crippen LogP contribution in [-0.2, 0) is 6.42 Å². The Kier molecular flexibility index (Phi) is 3.22. The van der Waals surface area contributed by atoms with Crippen molar-refractivity contribution in [2.75, 3.05) is 0 Å². The van der Waals surface area contributed by atoms with E-state index in [0.717, 1.165) is 23.4 Å². The Hall–Kier alpha value is -1.49. The van der Waals surface area contributed by atoms with Gasteiger partial charge in [0.15, 0.2) is 0 Å². The molecule has 0 radical (unpaired) electrons. The van der Waals surface area contributed by atoms with Gasteiger partial charge in [-0.25, -0.2) is 0 Å². The van der Waals surface area contributed by atoms with Crippen molar-refractivity contribution in [3.05, 3.63) is 46.1 Å². The molecule has 1 aromatic carbocycles. The van der Waals surface area contributed by atoms with E-state index in [4.69, 9.17) is 0 Å². The molecule has 0 amide bonds. The predicted molar refractivity (Wildman–Crippen MR) is 77.5 cm³/mol. The lowest BCUT2D eigenvalue weighted by atomic mass is 10.0. The average Bonchev–Trinajstić information content (AvgIpc) is 3.23. The zero-order valence-corrected chi connectivity index (χ0v) is 11.8. The molecule has 5 heteroatoms. The van der Waals surface area contributed by atoms with Crippen LogP contribution in [0.5, 0.6) is 0 Å². The van der Waals surface area contributed by atoms with Crippen molar-refractivity contribution < 1.29 is 4.92 Å². The van der Waals surface area contributed by atoms with Crippen molar-refractivity contribution >= 4 is 32.5 Å². The van der Waals surface area contributed by atoms with Crippen LogP contribution in [0, 0.1) is 16.0 Å². The molecule has 3 rings (SSSR count). The summed E-state index contributed by atoms with van der Waals surface area (Å²) in [6, 6.07) is 6.94. The van der Waals surface area contributed by atoms with E-state index in [1.54, 1.807) is 24.4 Å². The van der Waals surface area contributed by atoms with Crippen molar-refractivity contribution in [2.45, 2.75) is 24.1 Å². The molecular formula is C14H13BrN2O2. The summed E-state index contributed by atoms with van der Waals surface area (Å²) >= 11 is 3.71. The Balaban J connectivity index is 2.05. The van der Waals surface area contributed by atoms with E-state index in [2.05, 4.69) is 20.9 Å². The lowest BCUT2D eigenvalue weighted by molar-refractivity contribution is -0.383. The molecule has 1 atom stereocenters. The molecule has 0 N–H and O–H groups in total. The summed E-state index contributed by atoms with van der Waals surface area (Å²) in [7, 11) is 0. The molecule has 1 fully saturated rings. The molecule has 2 aromatic rings. The number of non-ortho nitro benzene ring substituents is 1.